The summed E-state index contributed by atoms with van der Waals surface area (Å²) in [7, 11) is 2.35. The molecule has 1 aliphatic rings. The van der Waals surface area contributed by atoms with Gasteiger partial charge in [-0.05, 0) is 30.2 Å². The van der Waals surface area contributed by atoms with E-state index in [2.05, 4.69) is 6.07 Å². The molecule has 0 radical (unpaired) electrons. The Hall–Kier alpha value is -4.84. The Kier molecular flexibility index (Phi) is 6.12. The number of hydrogen-bond acceptors (Lipinski definition) is 9. The second kappa shape index (κ2) is 9.19. The van der Waals surface area contributed by atoms with E-state index in [1.807, 2.05) is 0 Å². The molecule has 1 unspecified atom stereocenters. The van der Waals surface area contributed by atoms with E-state index in [4.69, 9.17) is 19.6 Å². The molecule has 176 valence electrons. The summed E-state index contributed by atoms with van der Waals surface area (Å²) in [6.07, 6.45) is 0. The van der Waals surface area contributed by atoms with Gasteiger partial charge in [-0.3, -0.25) is 4.90 Å². The predicted octanol–water partition coefficient (Wildman–Crippen LogP) is 3.00. The van der Waals surface area contributed by atoms with Crippen LogP contribution in [-0.2, 0) is 19.1 Å². The van der Waals surface area contributed by atoms with Crippen molar-refractivity contribution in [1.29, 1.82) is 5.26 Å². The van der Waals surface area contributed by atoms with E-state index in [0.29, 0.717) is 16.5 Å². The van der Waals surface area contributed by atoms with E-state index in [1.54, 1.807) is 49.4 Å². The molecule has 0 bridgehead atoms. The smallest absolute Gasteiger partial charge is 0.355 e. The highest BCUT2D eigenvalue weighted by Gasteiger charge is 2.43. The maximum absolute atomic E-state index is 13.1. The second-order valence-corrected chi connectivity index (χ2v) is 7.76. The number of hydrogen-bond donors (Lipinski definition) is 1. The maximum Gasteiger partial charge on any atom is 0.355 e. The van der Waals surface area contributed by atoms with E-state index < -0.39 is 23.5 Å². The molecule has 0 saturated heterocycles. The lowest BCUT2D eigenvalue weighted by molar-refractivity contribution is -0.139. The molecule has 0 spiro atoms. The Bertz CT molecular complexity index is 1510. The van der Waals surface area contributed by atoms with Crippen molar-refractivity contribution in [2.75, 3.05) is 19.1 Å². The van der Waals surface area contributed by atoms with Gasteiger partial charge in [-0.25, -0.2) is 14.4 Å². The summed E-state index contributed by atoms with van der Waals surface area (Å²) in [6.45, 7) is 1.77. The number of carbonyl (C=O) groups is 2. The van der Waals surface area contributed by atoms with Gasteiger partial charge >= 0.3 is 17.6 Å². The molecule has 0 fully saturated rings. The minimum Gasteiger partial charge on any atom is -0.466 e. The fraction of sp³-hybridized carbons (Fsp3) is 0.154. The number of carbonyl (C=O) groups excluding carboxylic acids is 2. The first kappa shape index (κ1) is 23.3. The number of aryl methyl sites for hydroxylation is 1. The van der Waals surface area contributed by atoms with Crippen LogP contribution in [0.3, 0.4) is 0 Å². The standard InChI is InChI=1S/C26H21N3O6/c1-14-11-20(30)35-19-12-16(9-10-17(14)19)29-23(26(32)34-3)22(25(31)33-2)21(18(13-27)24(29)28)15-7-5-4-6-8-15/h4-12,21H,28H2,1-3H3. The monoisotopic (exact) mass is 471 g/mol. The third-order valence-corrected chi connectivity index (χ3v) is 5.80. The number of nitrogens with zero attached hydrogens (tertiary/aromatic N) is 2. The maximum atomic E-state index is 13.1. The molecule has 0 amide bonds. The van der Waals surface area contributed by atoms with Crippen LogP contribution in [0.25, 0.3) is 11.0 Å². The number of rotatable bonds is 4. The van der Waals surface area contributed by atoms with Gasteiger partial charge in [-0.2, -0.15) is 5.26 Å². The molecule has 2 N–H and O–H groups in total. The van der Waals surface area contributed by atoms with E-state index in [1.165, 1.54) is 31.3 Å². The van der Waals surface area contributed by atoms with Crippen LogP contribution in [0.5, 0.6) is 0 Å². The first-order valence-corrected chi connectivity index (χ1v) is 10.5. The number of fused-ring (bicyclic) bond motifs is 1. The van der Waals surface area contributed by atoms with Gasteiger partial charge in [-0.15, -0.1) is 0 Å². The number of methoxy groups -OCH3 is 2. The zero-order valence-corrected chi connectivity index (χ0v) is 19.2. The predicted molar refractivity (Wildman–Crippen MR) is 127 cm³/mol. The van der Waals surface area contributed by atoms with Gasteiger partial charge < -0.3 is 19.6 Å². The number of allylic oxidation sites excluding steroid dienone is 1. The zero-order valence-electron chi connectivity index (χ0n) is 19.2. The van der Waals surface area contributed by atoms with Crippen molar-refractivity contribution in [2.24, 2.45) is 5.73 Å². The van der Waals surface area contributed by atoms with E-state index in [0.717, 1.165) is 0 Å². The molecule has 9 nitrogen and oxygen atoms in total. The quantitative estimate of drug-likeness (QED) is 0.450. The van der Waals surface area contributed by atoms with Gasteiger partial charge in [-0.1, -0.05) is 30.3 Å². The van der Waals surface area contributed by atoms with E-state index in [-0.39, 0.29) is 33.9 Å². The molecule has 0 saturated carbocycles. The van der Waals surface area contributed by atoms with Crippen LogP contribution in [0.1, 0.15) is 17.0 Å². The highest BCUT2D eigenvalue weighted by atomic mass is 16.5. The van der Waals surface area contributed by atoms with Crippen LogP contribution in [0.15, 0.2) is 86.5 Å². The van der Waals surface area contributed by atoms with Gasteiger partial charge in [0.2, 0.25) is 0 Å². The minimum atomic E-state index is -0.973. The van der Waals surface area contributed by atoms with Crippen LogP contribution in [0, 0.1) is 18.3 Å². The summed E-state index contributed by atoms with van der Waals surface area (Å²) in [5.41, 5.74) is 7.44. The topological polar surface area (TPSA) is 136 Å². The van der Waals surface area contributed by atoms with Crippen molar-refractivity contribution in [3.63, 3.8) is 0 Å². The van der Waals surface area contributed by atoms with Gasteiger partial charge in [0.1, 0.15) is 17.1 Å². The first-order chi connectivity index (χ1) is 16.8. The fourth-order valence-corrected chi connectivity index (χ4v) is 4.23. The van der Waals surface area contributed by atoms with Crippen LogP contribution in [0.2, 0.25) is 0 Å². The molecule has 1 aliphatic heterocycles. The summed E-state index contributed by atoms with van der Waals surface area (Å²) < 4.78 is 15.4. The lowest BCUT2D eigenvalue weighted by Gasteiger charge is -2.35. The number of nitrogens with two attached hydrogens (primary N) is 1. The molecular weight excluding hydrogens is 450 g/mol. The molecule has 2 heterocycles. The molecule has 1 aromatic heterocycles. The Labute approximate surface area is 200 Å². The molecular formula is C26H21N3O6. The zero-order chi connectivity index (χ0) is 25.3. The second-order valence-electron chi connectivity index (χ2n) is 7.76. The van der Waals surface area contributed by atoms with E-state index in [9.17, 15) is 19.6 Å². The lowest BCUT2D eigenvalue weighted by Crippen LogP contribution is -2.40. The third-order valence-electron chi connectivity index (χ3n) is 5.80. The van der Waals surface area contributed by atoms with Gasteiger partial charge in [0.15, 0.2) is 0 Å². The van der Waals surface area contributed by atoms with Crippen molar-refractivity contribution in [2.45, 2.75) is 12.8 Å². The fourth-order valence-electron chi connectivity index (χ4n) is 4.23. The Balaban J connectivity index is 2.08. The van der Waals surface area contributed by atoms with Crippen LogP contribution >= 0.6 is 0 Å². The molecule has 2 aromatic carbocycles. The van der Waals surface area contributed by atoms with Crippen molar-refractivity contribution < 1.29 is 23.5 Å². The number of benzene rings is 2. The summed E-state index contributed by atoms with van der Waals surface area (Å²) >= 11 is 0. The highest BCUT2D eigenvalue weighted by Crippen LogP contribution is 2.43. The summed E-state index contributed by atoms with van der Waals surface area (Å²) in [5.74, 6) is -2.74. The first-order valence-electron chi connectivity index (χ1n) is 10.5. The van der Waals surface area contributed by atoms with Gasteiger partial charge in [0, 0.05) is 17.5 Å². The molecule has 3 aromatic rings. The van der Waals surface area contributed by atoms with Crippen molar-refractivity contribution in [3.8, 4) is 6.07 Å². The average Bonchev–Trinajstić information content (AvgIpc) is 2.86. The van der Waals surface area contributed by atoms with Gasteiger partial charge in [0.05, 0.1) is 43.0 Å². The molecule has 4 rings (SSSR count). The lowest BCUT2D eigenvalue weighted by atomic mass is 9.81. The Morgan fingerprint density at radius 2 is 1.74 bits per heavy atom. The highest BCUT2D eigenvalue weighted by molar-refractivity contribution is 6.06. The van der Waals surface area contributed by atoms with Crippen LogP contribution in [0.4, 0.5) is 5.69 Å². The van der Waals surface area contributed by atoms with Crippen molar-refractivity contribution in [3.05, 3.63) is 98.8 Å². The molecule has 0 aliphatic carbocycles. The number of nitriles is 1. The van der Waals surface area contributed by atoms with E-state index >= 15 is 0 Å². The third kappa shape index (κ3) is 3.91. The summed E-state index contributed by atoms with van der Waals surface area (Å²) in [4.78, 5) is 39.4. The van der Waals surface area contributed by atoms with Crippen molar-refractivity contribution in [1.82, 2.24) is 0 Å². The SMILES string of the molecule is COC(=O)C1=C(C(=O)OC)N(c2ccc3c(C)cc(=O)oc3c2)C(N)=C(C#N)C1c1ccccc1. The largest absolute Gasteiger partial charge is 0.466 e. The summed E-state index contributed by atoms with van der Waals surface area (Å²) in [5, 5.41) is 10.8. The Morgan fingerprint density at radius 1 is 1.06 bits per heavy atom. The molecule has 1 atom stereocenters. The minimum absolute atomic E-state index is 0.0371. The van der Waals surface area contributed by atoms with Crippen molar-refractivity contribution >= 4 is 28.6 Å². The summed E-state index contributed by atoms with van der Waals surface area (Å²) in [6, 6.07) is 17.0. The normalized spacial score (nSPS) is 15.7. The average molecular weight is 471 g/mol. The molecule has 35 heavy (non-hydrogen) atoms. The number of esters is 2. The molecule has 9 heteroatoms. The van der Waals surface area contributed by atoms with Gasteiger partial charge in [0.25, 0.3) is 0 Å². The number of anilines is 1. The number of ether oxygens (including phenoxy) is 2. The van der Waals surface area contributed by atoms with Crippen LogP contribution < -0.4 is 16.3 Å². The van der Waals surface area contributed by atoms with Crippen LogP contribution in [-0.4, -0.2) is 26.2 Å². The Morgan fingerprint density at radius 3 is 2.37 bits per heavy atom.